The van der Waals surface area contributed by atoms with E-state index in [9.17, 15) is 18.3 Å². The lowest BCUT2D eigenvalue weighted by atomic mass is 9.93. The molecule has 2 aromatic heterocycles. The molecular formula is C28H33ClN4O6S2. The molecule has 0 spiro atoms. The van der Waals surface area contributed by atoms with Crippen molar-refractivity contribution in [2.24, 2.45) is 17.0 Å². The number of ether oxygens (including phenoxy) is 1. The van der Waals surface area contributed by atoms with E-state index in [1.807, 2.05) is 30.3 Å². The fourth-order valence-corrected chi connectivity index (χ4v) is 7.33. The average Bonchev–Trinajstić information content (AvgIpc) is 3.49. The van der Waals surface area contributed by atoms with E-state index in [1.165, 1.54) is 28.7 Å². The smallest absolute Gasteiger partial charge is 0.333 e. The molecule has 1 aliphatic heterocycles. The molecule has 2 aliphatic rings. The highest BCUT2D eigenvalue weighted by Crippen LogP contribution is 2.34. The van der Waals surface area contributed by atoms with E-state index in [0.29, 0.717) is 46.5 Å². The summed E-state index contributed by atoms with van der Waals surface area (Å²) in [4.78, 5) is 24.1. The molecule has 3 atom stereocenters. The van der Waals surface area contributed by atoms with Gasteiger partial charge in [0.2, 0.25) is 5.78 Å². The van der Waals surface area contributed by atoms with Crippen LogP contribution in [0.25, 0.3) is 0 Å². The lowest BCUT2D eigenvalue weighted by molar-refractivity contribution is 0.0667. The monoisotopic (exact) mass is 620 g/mol. The summed E-state index contributed by atoms with van der Waals surface area (Å²) in [5, 5.41) is 19.3. The number of aliphatic hydroxyl groups excluding tert-OH is 1. The molecule has 3 heterocycles. The van der Waals surface area contributed by atoms with Gasteiger partial charge in [0, 0.05) is 41.3 Å². The van der Waals surface area contributed by atoms with E-state index in [1.54, 1.807) is 0 Å². The summed E-state index contributed by atoms with van der Waals surface area (Å²) in [5.41, 5.74) is 2.52. The van der Waals surface area contributed by atoms with Crippen LogP contribution in [0.4, 0.5) is 5.82 Å². The van der Waals surface area contributed by atoms with Crippen molar-refractivity contribution in [1.29, 1.82) is 0 Å². The largest absolute Gasteiger partial charge is 0.393 e. The van der Waals surface area contributed by atoms with Crippen molar-refractivity contribution in [2.75, 3.05) is 25.1 Å². The molecule has 220 valence electrons. The third-order valence-corrected chi connectivity index (χ3v) is 9.52. The van der Waals surface area contributed by atoms with Crippen LogP contribution in [0.1, 0.15) is 56.9 Å². The van der Waals surface area contributed by atoms with Crippen LogP contribution in [0.5, 0.6) is 0 Å². The molecule has 2 fully saturated rings. The molecule has 0 radical (unpaired) electrons. The Morgan fingerprint density at radius 2 is 2.05 bits per heavy atom. The van der Waals surface area contributed by atoms with Crippen molar-refractivity contribution in [3.05, 3.63) is 74.3 Å². The lowest BCUT2D eigenvalue weighted by Crippen LogP contribution is -2.24. The molecule has 0 bridgehead atoms. The maximum Gasteiger partial charge on any atom is 0.333 e. The van der Waals surface area contributed by atoms with E-state index in [4.69, 9.17) is 21.5 Å². The van der Waals surface area contributed by atoms with Gasteiger partial charge >= 0.3 is 10.3 Å². The molecule has 3 aromatic rings. The lowest BCUT2D eigenvalue weighted by Gasteiger charge is -2.21. The maximum absolute atomic E-state index is 13.8. The molecule has 4 N–H and O–H groups in total. The Balaban J connectivity index is 1.36. The molecule has 1 aliphatic carbocycles. The third-order valence-electron chi connectivity index (χ3n) is 7.62. The van der Waals surface area contributed by atoms with E-state index < -0.39 is 22.3 Å². The summed E-state index contributed by atoms with van der Waals surface area (Å²) in [5.74, 6) is 0.258. The van der Waals surface area contributed by atoms with Crippen LogP contribution in [0.15, 0.2) is 42.9 Å². The second kappa shape index (κ2) is 13.2. The number of hydrogen-bond donors (Lipinski definition) is 3. The highest BCUT2D eigenvalue weighted by atomic mass is 35.5. The Morgan fingerprint density at radius 1 is 1.24 bits per heavy atom. The fraction of sp³-hybridized carbons (Fsp3) is 0.464. The second-order valence-electron chi connectivity index (χ2n) is 10.7. The number of halogens is 1. The number of carbonyl (C=O) groups is 1. The number of hydrogen-bond acceptors (Lipinski definition) is 10. The Kier molecular flexibility index (Phi) is 9.70. The number of carbonyl (C=O) groups excluding carboxylic acids is 1. The minimum absolute atomic E-state index is 0.184. The Labute approximate surface area is 248 Å². The minimum Gasteiger partial charge on any atom is -0.393 e. The molecule has 13 heteroatoms. The van der Waals surface area contributed by atoms with E-state index in [2.05, 4.69) is 19.5 Å². The maximum atomic E-state index is 13.8. The molecule has 1 saturated carbocycles. The Hall–Kier alpha value is -2.45. The minimum atomic E-state index is -4.10. The first-order chi connectivity index (χ1) is 19.6. The summed E-state index contributed by atoms with van der Waals surface area (Å²) >= 11 is 7.75. The molecule has 10 nitrogen and oxygen atoms in total. The summed E-state index contributed by atoms with van der Waals surface area (Å²) < 4.78 is 32.6. The molecule has 1 saturated heterocycles. The van der Waals surface area contributed by atoms with Gasteiger partial charge in [-0.1, -0.05) is 23.7 Å². The summed E-state index contributed by atoms with van der Waals surface area (Å²) in [6.07, 6.45) is 6.39. The zero-order chi connectivity index (χ0) is 29.0. The first-order valence-corrected chi connectivity index (χ1v) is 16.2. The summed E-state index contributed by atoms with van der Waals surface area (Å²) in [6.45, 7) is 1.30. The highest BCUT2D eigenvalue weighted by molar-refractivity contribution is 7.84. The van der Waals surface area contributed by atoms with E-state index >= 15 is 0 Å². The van der Waals surface area contributed by atoms with E-state index in [0.717, 1.165) is 43.6 Å². The van der Waals surface area contributed by atoms with Gasteiger partial charge in [-0.05, 0) is 73.8 Å². The SMILES string of the molecule is NS(=O)(=O)OC[C@H]1C[C@@H](Nc2ncncc2C(=O)c2cc(Cc3cccc(Cl)c3)c(CC3CCOCC3)s2)C[C@@H]1O. The number of aromatic nitrogens is 2. The van der Waals surface area contributed by atoms with Gasteiger partial charge in [-0.3, -0.25) is 8.98 Å². The van der Waals surface area contributed by atoms with Crippen molar-refractivity contribution in [3.8, 4) is 0 Å². The normalized spacial score (nSPS) is 21.7. The fourth-order valence-electron chi connectivity index (χ4n) is 5.50. The molecule has 41 heavy (non-hydrogen) atoms. The number of ketones is 1. The van der Waals surface area contributed by atoms with Gasteiger partial charge in [-0.25, -0.2) is 15.1 Å². The standard InChI is InChI=1S/C28H33ClN4O6S2/c29-21-3-1-2-18(9-21)8-19-12-26(40-25(19)10-17-4-6-38-7-5-17)27(35)23-14-31-16-32-28(23)33-22-11-20(24(34)13-22)15-39-41(30,36)37/h1-3,9,12,14,16-17,20,22,24,34H,4-8,10-11,13,15H2,(H2,30,36,37)(H,31,32,33)/t20-,22-,24+/m1/s1. The van der Waals surface area contributed by atoms with E-state index in [-0.39, 0.29) is 18.4 Å². The molecule has 0 unspecified atom stereocenters. The first kappa shape index (κ1) is 30.0. The number of rotatable bonds is 11. The number of aliphatic hydroxyl groups is 1. The van der Waals surface area contributed by atoms with Crippen molar-refractivity contribution in [2.45, 2.75) is 50.7 Å². The van der Waals surface area contributed by atoms with Gasteiger partial charge in [-0.2, -0.15) is 8.42 Å². The number of anilines is 1. The van der Waals surface area contributed by atoms with Gasteiger partial charge in [0.05, 0.1) is 23.2 Å². The van der Waals surface area contributed by atoms with Gasteiger partial charge < -0.3 is 15.2 Å². The molecule has 1 aromatic carbocycles. The zero-order valence-electron chi connectivity index (χ0n) is 22.4. The van der Waals surface area contributed by atoms with Gasteiger partial charge in [0.1, 0.15) is 12.1 Å². The third kappa shape index (κ3) is 8.10. The highest BCUT2D eigenvalue weighted by Gasteiger charge is 2.35. The van der Waals surface area contributed by atoms with Crippen molar-refractivity contribution >= 4 is 44.8 Å². The van der Waals surface area contributed by atoms with Gasteiger partial charge in [-0.15, -0.1) is 11.3 Å². The van der Waals surface area contributed by atoms with Crippen LogP contribution in [0, 0.1) is 11.8 Å². The number of nitrogens with two attached hydrogens (primary N) is 1. The van der Waals surface area contributed by atoms with Crippen LogP contribution in [0.3, 0.4) is 0 Å². The number of benzene rings is 1. The second-order valence-corrected chi connectivity index (χ2v) is 13.5. The van der Waals surface area contributed by atoms with Crippen LogP contribution in [-0.2, 0) is 32.1 Å². The van der Waals surface area contributed by atoms with Crippen molar-refractivity contribution in [1.82, 2.24) is 9.97 Å². The molecular weight excluding hydrogens is 588 g/mol. The van der Waals surface area contributed by atoms with Crippen LogP contribution < -0.4 is 10.5 Å². The quantitative estimate of drug-likeness (QED) is 0.272. The summed E-state index contributed by atoms with van der Waals surface area (Å²) in [6, 6.07) is 9.49. The van der Waals surface area contributed by atoms with Crippen LogP contribution in [-0.4, -0.2) is 61.2 Å². The van der Waals surface area contributed by atoms with Crippen LogP contribution >= 0.6 is 22.9 Å². The first-order valence-electron chi connectivity index (χ1n) is 13.5. The Bertz CT molecular complexity index is 1480. The topological polar surface area (TPSA) is 154 Å². The van der Waals surface area contributed by atoms with Gasteiger partial charge in [0.25, 0.3) is 0 Å². The zero-order valence-corrected chi connectivity index (χ0v) is 24.8. The van der Waals surface area contributed by atoms with Crippen molar-refractivity contribution in [3.63, 3.8) is 0 Å². The van der Waals surface area contributed by atoms with Crippen molar-refractivity contribution < 1.29 is 27.2 Å². The molecule has 5 rings (SSSR count). The average molecular weight is 621 g/mol. The predicted octanol–water partition coefficient (Wildman–Crippen LogP) is 3.75. The number of thiophene rings is 1. The van der Waals surface area contributed by atoms with Crippen LogP contribution in [0.2, 0.25) is 5.02 Å². The summed E-state index contributed by atoms with van der Waals surface area (Å²) in [7, 11) is -4.10. The number of nitrogens with zero attached hydrogens (tertiary/aromatic N) is 2. The number of nitrogens with one attached hydrogen (secondary N) is 1. The predicted molar refractivity (Wildman–Crippen MR) is 156 cm³/mol. The molecule has 0 amide bonds. The van der Waals surface area contributed by atoms with Gasteiger partial charge in [0.15, 0.2) is 0 Å². The Morgan fingerprint density at radius 3 is 2.80 bits per heavy atom.